The van der Waals surface area contributed by atoms with E-state index in [0.717, 1.165) is 4.48 Å². The Hall–Kier alpha value is -0.0400. The number of nitrogens with zero attached hydrogens (tertiary/aromatic N) is 1. The van der Waals surface area contributed by atoms with Crippen LogP contribution in [0.1, 0.15) is 41.5 Å². The fourth-order valence-electron chi connectivity index (χ4n) is 3.62. The maximum Gasteiger partial charge on any atom is 0.0981 e. The maximum absolute atomic E-state index is 2.34. The van der Waals surface area contributed by atoms with Crippen molar-refractivity contribution in [2.45, 2.75) is 47.6 Å². The summed E-state index contributed by atoms with van der Waals surface area (Å²) in [5, 5.41) is 0. The second-order valence-corrected chi connectivity index (χ2v) is 7.25. The minimum atomic E-state index is 0.358. The van der Waals surface area contributed by atoms with Crippen LogP contribution in [0.15, 0.2) is 0 Å². The van der Waals surface area contributed by atoms with Gasteiger partial charge in [-0.1, -0.05) is 41.5 Å². The summed E-state index contributed by atoms with van der Waals surface area (Å²) < 4.78 is 1.03. The molecule has 0 unspecified atom stereocenters. The molecule has 0 aliphatic heterocycles. The molecule has 0 aromatic carbocycles. The Kier molecular flexibility index (Phi) is 3.26. The lowest BCUT2D eigenvalue weighted by atomic mass is 9.70. The van der Waals surface area contributed by atoms with Crippen LogP contribution < -0.4 is 0 Å². The first-order valence-corrected chi connectivity index (χ1v) is 5.18. The zero-order valence-corrected chi connectivity index (χ0v) is 11.0. The molecular formula is C12H28N+. The fraction of sp³-hybridized carbons (Fsp3) is 1.00. The van der Waals surface area contributed by atoms with Crippen LogP contribution in [0.25, 0.3) is 0 Å². The summed E-state index contributed by atoms with van der Waals surface area (Å²) >= 11 is 0. The zero-order chi connectivity index (χ0) is 11.1. The molecule has 0 aromatic rings. The fourth-order valence-corrected chi connectivity index (χ4v) is 3.62. The lowest BCUT2D eigenvalue weighted by molar-refractivity contribution is -0.911. The van der Waals surface area contributed by atoms with Crippen LogP contribution >= 0.6 is 0 Å². The van der Waals surface area contributed by atoms with E-state index < -0.39 is 0 Å². The Morgan fingerprint density at radius 2 is 0.923 bits per heavy atom. The van der Waals surface area contributed by atoms with Crippen LogP contribution in [-0.2, 0) is 0 Å². The standard InChI is InChI=1S/C12H28N/c1-11(2,3)10(12(4,5)6)13(7,8)9/h10H,1-9H3/q+1. The van der Waals surface area contributed by atoms with E-state index >= 15 is 0 Å². The lowest BCUT2D eigenvalue weighted by Gasteiger charge is -2.49. The molecule has 0 amide bonds. The molecule has 0 atom stereocenters. The molecule has 0 N–H and O–H groups in total. The van der Waals surface area contributed by atoms with Gasteiger partial charge >= 0.3 is 0 Å². The molecule has 0 radical (unpaired) electrons. The second-order valence-electron chi connectivity index (χ2n) is 7.25. The van der Waals surface area contributed by atoms with Crippen LogP contribution in [-0.4, -0.2) is 31.7 Å². The molecule has 0 saturated heterocycles. The summed E-state index contributed by atoms with van der Waals surface area (Å²) in [7, 11) is 6.88. The Morgan fingerprint density at radius 1 is 0.692 bits per heavy atom. The van der Waals surface area contributed by atoms with Crippen molar-refractivity contribution < 1.29 is 4.48 Å². The van der Waals surface area contributed by atoms with Gasteiger partial charge in [-0.2, -0.15) is 0 Å². The van der Waals surface area contributed by atoms with Gasteiger partial charge in [0.25, 0.3) is 0 Å². The van der Waals surface area contributed by atoms with Crippen molar-refractivity contribution in [2.75, 3.05) is 21.1 Å². The van der Waals surface area contributed by atoms with E-state index in [4.69, 9.17) is 0 Å². The molecular weight excluding hydrogens is 158 g/mol. The largest absolute Gasteiger partial charge is 0.328 e. The summed E-state index contributed by atoms with van der Waals surface area (Å²) in [5.74, 6) is 0. The van der Waals surface area contributed by atoms with Gasteiger partial charge in [0.05, 0.1) is 27.2 Å². The average molecular weight is 186 g/mol. The average Bonchev–Trinajstić information content (AvgIpc) is 1.44. The van der Waals surface area contributed by atoms with Gasteiger partial charge in [0, 0.05) is 10.8 Å². The predicted octanol–water partition coefficient (Wildman–Crippen LogP) is 3.15. The van der Waals surface area contributed by atoms with E-state index in [1.807, 2.05) is 0 Å². The summed E-state index contributed by atoms with van der Waals surface area (Å²) in [6.45, 7) is 14.0. The van der Waals surface area contributed by atoms with Gasteiger partial charge in [-0.25, -0.2) is 0 Å². The van der Waals surface area contributed by atoms with E-state index in [0.29, 0.717) is 16.9 Å². The number of rotatable bonds is 1. The highest BCUT2D eigenvalue weighted by molar-refractivity contribution is 4.84. The molecule has 80 valence electrons. The van der Waals surface area contributed by atoms with E-state index in [9.17, 15) is 0 Å². The maximum atomic E-state index is 2.34. The minimum Gasteiger partial charge on any atom is -0.328 e. The molecule has 0 bridgehead atoms. The molecule has 0 aromatic heterocycles. The third-order valence-electron chi connectivity index (χ3n) is 2.42. The quantitative estimate of drug-likeness (QED) is 0.552. The molecule has 0 rings (SSSR count). The van der Waals surface area contributed by atoms with Crippen LogP contribution in [0.4, 0.5) is 0 Å². The Bertz CT molecular complexity index is 128. The zero-order valence-electron chi connectivity index (χ0n) is 11.0. The first kappa shape index (κ1) is 13.0. The normalized spacial score (nSPS) is 15.2. The van der Waals surface area contributed by atoms with Gasteiger partial charge in [0.2, 0.25) is 0 Å². The summed E-state index contributed by atoms with van der Waals surface area (Å²) in [4.78, 5) is 0. The molecule has 1 heteroatoms. The molecule has 0 heterocycles. The highest BCUT2D eigenvalue weighted by Gasteiger charge is 2.44. The van der Waals surface area contributed by atoms with Gasteiger partial charge < -0.3 is 4.48 Å². The molecule has 0 aliphatic rings. The highest BCUT2D eigenvalue weighted by Crippen LogP contribution is 2.38. The van der Waals surface area contributed by atoms with Crippen molar-refractivity contribution in [3.63, 3.8) is 0 Å². The number of hydrogen-bond donors (Lipinski definition) is 0. The summed E-state index contributed by atoms with van der Waals surface area (Å²) in [6.07, 6.45) is 0. The molecule has 0 aliphatic carbocycles. The topological polar surface area (TPSA) is 0 Å². The molecule has 0 saturated carbocycles. The van der Waals surface area contributed by atoms with Crippen molar-refractivity contribution in [2.24, 2.45) is 10.8 Å². The van der Waals surface area contributed by atoms with Crippen molar-refractivity contribution >= 4 is 0 Å². The van der Waals surface area contributed by atoms with E-state index in [2.05, 4.69) is 62.7 Å². The van der Waals surface area contributed by atoms with Crippen molar-refractivity contribution in [3.05, 3.63) is 0 Å². The van der Waals surface area contributed by atoms with Crippen LogP contribution in [0, 0.1) is 10.8 Å². The first-order valence-electron chi connectivity index (χ1n) is 5.18. The van der Waals surface area contributed by atoms with Crippen molar-refractivity contribution in [1.82, 2.24) is 0 Å². The third-order valence-corrected chi connectivity index (χ3v) is 2.42. The van der Waals surface area contributed by atoms with Gasteiger partial charge in [-0.15, -0.1) is 0 Å². The van der Waals surface area contributed by atoms with Crippen molar-refractivity contribution in [1.29, 1.82) is 0 Å². The van der Waals surface area contributed by atoms with Gasteiger partial charge in [0.1, 0.15) is 0 Å². The summed E-state index contributed by atoms with van der Waals surface area (Å²) in [6, 6.07) is 0.667. The van der Waals surface area contributed by atoms with Gasteiger partial charge in [-0.05, 0) is 0 Å². The van der Waals surface area contributed by atoms with Crippen LogP contribution in [0.5, 0.6) is 0 Å². The third kappa shape index (κ3) is 3.68. The van der Waals surface area contributed by atoms with E-state index in [1.54, 1.807) is 0 Å². The Balaban J connectivity index is 5.02. The monoisotopic (exact) mass is 186 g/mol. The number of quaternary nitrogens is 1. The van der Waals surface area contributed by atoms with Crippen LogP contribution in [0.2, 0.25) is 0 Å². The first-order chi connectivity index (χ1) is 5.37. The summed E-state index contributed by atoms with van der Waals surface area (Å²) in [5.41, 5.74) is 0.715. The molecule has 1 nitrogen and oxygen atoms in total. The van der Waals surface area contributed by atoms with Crippen molar-refractivity contribution in [3.8, 4) is 0 Å². The SMILES string of the molecule is CC(C)(C)C(C(C)(C)C)[N+](C)(C)C. The molecule has 13 heavy (non-hydrogen) atoms. The van der Waals surface area contributed by atoms with E-state index in [-0.39, 0.29) is 0 Å². The Labute approximate surface area is 84.7 Å². The lowest BCUT2D eigenvalue weighted by Crippen LogP contribution is -2.58. The smallest absolute Gasteiger partial charge is 0.0981 e. The second kappa shape index (κ2) is 3.27. The van der Waals surface area contributed by atoms with Crippen LogP contribution in [0.3, 0.4) is 0 Å². The predicted molar refractivity (Wildman–Crippen MR) is 60.7 cm³/mol. The number of hydrogen-bond acceptors (Lipinski definition) is 0. The minimum absolute atomic E-state index is 0.358. The highest BCUT2D eigenvalue weighted by atomic mass is 15.3. The molecule has 0 fully saturated rings. The Morgan fingerprint density at radius 3 is 0.923 bits per heavy atom. The molecule has 0 spiro atoms. The van der Waals surface area contributed by atoms with Gasteiger partial charge in [-0.3, -0.25) is 0 Å². The van der Waals surface area contributed by atoms with Gasteiger partial charge in [0.15, 0.2) is 0 Å². The van der Waals surface area contributed by atoms with E-state index in [1.165, 1.54) is 0 Å².